The monoisotopic (exact) mass is 253 g/mol. The molecule has 5 nitrogen and oxygen atoms in total. The summed E-state index contributed by atoms with van der Waals surface area (Å²) in [5.74, 6) is 0.423. The Morgan fingerprint density at radius 2 is 2.12 bits per heavy atom. The van der Waals surface area contributed by atoms with E-state index in [1.807, 2.05) is 24.3 Å². The molecule has 1 aliphatic rings. The maximum Gasteiger partial charge on any atom is 0.213 e. The first kappa shape index (κ1) is 12.1. The van der Waals surface area contributed by atoms with E-state index in [2.05, 4.69) is 4.72 Å². The fraction of sp³-hybridized carbons (Fsp3) is 0.364. The molecule has 0 aromatic heterocycles. The van der Waals surface area contributed by atoms with Gasteiger partial charge in [0, 0.05) is 18.7 Å². The predicted octanol–water partition coefficient (Wildman–Crippen LogP) is 0.377. The molecule has 0 fully saturated rings. The SMILES string of the molecule is CNS(=O)(=O)CCN1Cc2ccccc2C1=N. The molecule has 92 valence electrons. The summed E-state index contributed by atoms with van der Waals surface area (Å²) in [5, 5.41) is 7.96. The van der Waals surface area contributed by atoms with Gasteiger partial charge in [-0.3, -0.25) is 5.41 Å². The Morgan fingerprint density at radius 3 is 2.76 bits per heavy atom. The molecule has 0 saturated carbocycles. The van der Waals surface area contributed by atoms with Crippen LogP contribution in [0.2, 0.25) is 0 Å². The third-order valence-electron chi connectivity index (χ3n) is 2.89. The Hall–Kier alpha value is -1.40. The smallest absolute Gasteiger partial charge is 0.213 e. The van der Waals surface area contributed by atoms with Crippen molar-refractivity contribution < 1.29 is 8.42 Å². The van der Waals surface area contributed by atoms with Crippen LogP contribution in [0.4, 0.5) is 0 Å². The van der Waals surface area contributed by atoms with Crippen molar-refractivity contribution in [2.75, 3.05) is 19.3 Å². The summed E-state index contributed by atoms with van der Waals surface area (Å²) in [4.78, 5) is 1.78. The van der Waals surface area contributed by atoms with E-state index in [0.29, 0.717) is 18.9 Å². The number of hydrogen-bond donors (Lipinski definition) is 2. The van der Waals surface area contributed by atoms with E-state index < -0.39 is 10.0 Å². The summed E-state index contributed by atoms with van der Waals surface area (Å²) in [6, 6.07) is 7.68. The first-order chi connectivity index (χ1) is 8.03. The predicted molar refractivity (Wildman–Crippen MR) is 66.5 cm³/mol. The lowest BCUT2D eigenvalue weighted by Gasteiger charge is -2.17. The second kappa shape index (κ2) is 4.46. The van der Waals surface area contributed by atoms with E-state index in [4.69, 9.17) is 5.41 Å². The van der Waals surface area contributed by atoms with Crippen molar-refractivity contribution in [2.24, 2.45) is 0 Å². The lowest BCUT2D eigenvalue weighted by atomic mass is 10.1. The minimum Gasteiger partial charge on any atom is -0.351 e. The van der Waals surface area contributed by atoms with Crippen molar-refractivity contribution in [1.82, 2.24) is 9.62 Å². The summed E-state index contributed by atoms with van der Waals surface area (Å²) in [6.45, 7) is 0.963. The molecule has 0 unspecified atom stereocenters. The molecule has 0 radical (unpaired) electrons. The highest BCUT2D eigenvalue weighted by molar-refractivity contribution is 7.89. The Labute approximate surface area is 101 Å². The van der Waals surface area contributed by atoms with Crippen molar-refractivity contribution in [2.45, 2.75) is 6.54 Å². The number of benzene rings is 1. The highest BCUT2D eigenvalue weighted by Gasteiger charge is 2.24. The van der Waals surface area contributed by atoms with Crippen molar-refractivity contribution in [1.29, 1.82) is 5.41 Å². The number of nitrogens with zero attached hydrogens (tertiary/aromatic N) is 1. The van der Waals surface area contributed by atoms with Crippen molar-refractivity contribution in [3.05, 3.63) is 35.4 Å². The van der Waals surface area contributed by atoms with Crippen molar-refractivity contribution >= 4 is 15.9 Å². The average molecular weight is 253 g/mol. The maximum atomic E-state index is 11.3. The Bertz CT molecular complexity index is 539. The van der Waals surface area contributed by atoms with Crippen LogP contribution < -0.4 is 4.72 Å². The zero-order valence-electron chi connectivity index (χ0n) is 9.60. The van der Waals surface area contributed by atoms with E-state index in [1.165, 1.54) is 7.05 Å². The molecule has 2 N–H and O–H groups in total. The van der Waals surface area contributed by atoms with Gasteiger partial charge in [0.15, 0.2) is 0 Å². The molecule has 1 aromatic rings. The minimum atomic E-state index is -3.21. The third kappa shape index (κ3) is 2.48. The summed E-state index contributed by atoms with van der Waals surface area (Å²) in [6.07, 6.45) is 0. The number of hydrogen-bond acceptors (Lipinski definition) is 3. The largest absolute Gasteiger partial charge is 0.351 e. The van der Waals surface area contributed by atoms with Crippen LogP contribution in [0.1, 0.15) is 11.1 Å². The second-order valence-electron chi connectivity index (χ2n) is 3.95. The van der Waals surface area contributed by atoms with Gasteiger partial charge in [-0.1, -0.05) is 24.3 Å². The van der Waals surface area contributed by atoms with E-state index >= 15 is 0 Å². The number of rotatable bonds is 4. The topological polar surface area (TPSA) is 73.3 Å². The number of nitrogens with one attached hydrogen (secondary N) is 2. The van der Waals surface area contributed by atoms with Gasteiger partial charge in [-0.25, -0.2) is 13.1 Å². The van der Waals surface area contributed by atoms with Gasteiger partial charge in [0.05, 0.1) is 5.75 Å². The quantitative estimate of drug-likeness (QED) is 0.814. The molecule has 1 aromatic carbocycles. The Kier molecular flexibility index (Phi) is 3.17. The van der Waals surface area contributed by atoms with Crippen molar-refractivity contribution in [3.8, 4) is 0 Å². The number of sulfonamides is 1. The molecule has 0 spiro atoms. The van der Waals surface area contributed by atoms with Crippen LogP contribution in [0.25, 0.3) is 0 Å². The fourth-order valence-corrected chi connectivity index (χ4v) is 2.53. The Morgan fingerprint density at radius 1 is 1.41 bits per heavy atom. The third-order valence-corrected chi connectivity index (χ3v) is 4.23. The molecular formula is C11H15N3O2S. The maximum absolute atomic E-state index is 11.3. The second-order valence-corrected chi connectivity index (χ2v) is 6.00. The van der Waals surface area contributed by atoms with Crippen molar-refractivity contribution in [3.63, 3.8) is 0 Å². The number of amidine groups is 1. The Balaban J connectivity index is 2.06. The van der Waals surface area contributed by atoms with E-state index in [9.17, 15) is 8.42 Å². The molecule has 6 heteroatoms. The molecule has 0 saturated heterocycles. The van der Waals surface area contributed by atoms with E-state index in [-0.39, 0.29) is 5.75 Å². The minimum absolute atomic E-state index is 0.0138. The van der Waals surface area contributed by atoms with Crippen LogP contribution >= 0.6 is 0 Å². The van der Waals surface area contributed by atoms with Gasteiger partial charge < -0.3 is 4.90 Å². The molecule has 1 aliphatic heterocycles. The molecule has 17 heavy (non-hydrogen) atoms. The van der Waals surface area contributed by atoms with Crippen LogP contribution in [0.15, 0.2) is 24.3 Å². The standard InChI is InChI=1S/C11H15N3O2S/c1-13-17(15,16)7-6-14-8-9-4-2-3-5-10(9)11(14)12/h2-5,12-13H,6-8H2,1H3. The average Bonchev–Trinajstić information content (AvgIpc) is 2.65. The highest BCUT2D eigenvalue weighted by atomic mass is 32.2. The van der Waals surface area contributed by atoms with Crippen LogP contribution in [-0.4, -0.2) is 38.5 Å². The van der Waals surface area contributed by atoms with Gasteiger partial charge in [-0.2, -0.15) is 0 Å². The lowest BCUT2D eigenvalue weighted by molar-refractivity contribution is 0.449. The van der Waals surface area contributed by atoms with E-state index in [1.54, 1.807) is 4.90 Å². The summed E-state index contributed by atoms with van der Waals surface area (Å²) >= 11 is 0. The molecule has 0 bridgehead atoms. The van der Waals surface area contributed by atoms with Gasteiger partial charge in [-0.15, -0.1) is 0 Å². The van der Waals surface area contributed by atoms with Gasteiger partial charge in [0.1, 0.15) is 5.84 Å². The van der Waals surface area contributed by atoms with Gasteiger partial charge in [0.25, 0.3) is 0 Å². The highest BCUT2D eigenvalue weighted by Crippen LogP contribution is 2.21. The molecule has 0 amide bonds. The first-order valence-corrected chi connectivity index (χ1v) is 7.02. The molecule has 1 heterocycles. The summed E-state index contributed by atoms with van der Waals surface area (Å²) in [5.41, 5.74) is 1.98. The van der Waals surface area contributed by atoms with Gasteiger partial charge in [-0.05, 0) is 12.6 Å². The van der Waals surface area contributed by atoms with Crippen LogP contribution in [0.5, 0.6) is 0 Å². The number of fused-ring (bicyclic) bond motifs is 1. The lowest BCUT2D eigenvalue weighted by Crippen LogP contribution is -2.33. The zero-order valence-corrected chi connectivity index (χ0v) is 10.4. The first-order valence-electron chi connectivity index (χ1n) is 5.36. The zero-order chi connectivity index (χ0) is 12.5. The fourth-order valence-electron chi connectivity index (χ4n) is 1.87. The normalized spacial score (nSPS) is 15.1. The van der Waals surface area contributed by atoms with E-state index in [0.717, 1.165) is 11.1 Å². The summed E-state index contributed by atoms with van der Waals surface area (Å²) < 4.78 is 24.9. The van der Waals surface area contributed by atoms with Gasteiger partial charge >= 0.3 is 0 Å². The van der Waals surface area contributed by atoms with Crippen LogP contribution in [0.3, 0.4) is 0 Å². The molecule has 0 aliphatic carbocycles. The molecule has 0 atom stereocenters. The van der Waals surface area contributed by atoms with Crippen LogP contribution in [0, 0.1) is 5.41 Å². The van der Waals surface area contributed by atoms with Gasteiger partial charge in [0.2, 0.25) is 10.0 Å². The van der Waals surface area contributed by atoms with Crippen LogP contribution in [-0.2, 0) is 16.6 Å². The molecular weight excluding hydrogens is 238 g/mol. The summed E-state index contributed by atoms with van der Waals surface area (Å²) in [7, 11) is -1.80. The molecule has 2 rings (SSSR count).